The molecule has 14 heavy (non-hydrogen) atoms. The van der Waals surface area contributed by atoms with Gasteiger partial charge >= 0.3 is 0 Å². The molecule has 0 aliphatic heterocycles. The molecule has 2 N–H and O–H groups in total. The van der Waals surface area contributed by atoms with E-state index in [2.05, 4.69) is 13.8 Å². The monoisotopic (exact) mass is 201 g/mol. The summed E-state index contributed by atoms with van der Waals surface area (Å²) in [6, 6.07) is 0. The summed E-state index contributed by atoms with van der Waals surface area (Å²) in [5.74, 6) is 0. The SMILES string of the molecule is CCCCCCCCOC(C)CCN. The van der Waals surface area contributed by atoms with Crippen LogP contribution in [0.3, 0.4) is 0 Å². The zero-order chi connectivity index (χ0) is 10.6. The Labute approximate surface area is 89.2 Å². The topological polar surface area (TPSA) is 35.2 Å². The number of rotatable bonds is 10. The zero-order valence-electron chi connectivity index (χ0n) is 9.93. The van der Waals surface area contributed by atoms with Crippen molar-refractivity contribution in [3.8, 4) is 0 Å². The first kappa shape index (κ1) is 13.9. The van der Waals surface area contributed by atoms with Gasteiger partial charge < -0.3 is 10.5 Å². The van der Waals surface area contributed by atoms with Crippen LogP contribution in [-0.4, -0.2) is 19.3 Å². The lowest BCUT2D eigenvalue weighted by Crippen LogP contribution is -2.14. The highest BCUT2D eigenvalue weighted by Gasteiger charge is 1.99. The van der Waals surface area contributed by atoms with Crippen molar-refractivity contribution >= 4 is 0 Å². The second-order valence-electron chi connectivity index (χ2n) is 4.03. The van der Waals surface area contributed by atoms with Gasteiger partial charge in [-0.2, -0.15) is 0 Å². The van der Waals surface area contributed by atoms with Crippen molar-refractivity contribution in [1.82, 2.24) is 0 Å². The Bertz CT molecular complexity index is 106. The number of ether oxygens (including phenoxy) is 1. The van der Waals surface area contributed by atoms with E-state index in [1.807, 2.05) is 0 Å². The summed E-state index contributed by atoms with van der Waals surface area (Å²) in [6.45, 7) is 5.99. The van der Waals surface area contributed by atoms with Gasteiger partial charge in [0.15, 0.2) is 0 Å². The summed E-state index contributed by atoms with van der Waals surface area (Å²) in [5.41, 5.74) is 5.43. The molecular weight excluding hydrogens is 174 g/mol. The van der Waals surface area contributed by atoms with Gasteiger partial charge in [0.05, 0.1) is 6.10 Å². The maximum Gasteiger partial charge on any atom is 0.0559 e. The molecule has 0 aliphatic carbocycles. The molecule has 1 atom stereocenters. The van der Waals surface area contributed by atoms with Crippen molar-refractivity contribution in [2.24, 2.45) is 5.73 Å². The summed E-state index contributed by atoms with van der Waals surface area (Å²) in [5, 5.41) is 0. The van der Waals surface area contributed by atoms with Gasteiger partial charge in [-0.05, 0) is 26.3 Å². The van der Waals surface area contributed by atoms with E-state index in [0.717, 1.165) is 19.6 Å². The van der Waals surface area contributed by atoms with Gasteiger partial charge in [0.25, 0.3) is 0 Å². The molecule has 86 valence electrons. The van der Waals surface area contributed by atoms with Crippen molar-refractivity contribution in [3.63, 3.8) is 0 Å². The summed E-state index contributed by atoms with van der Waals surface area (Å²) in [4.78, 5) is 0. The van der Waals surface area contributed by atoms with Crippen molar-refractivity contribution in [1.29, 1.82) is 0 Å². The van der Waals surface area contributed by atoms with Crippen molar-refractivity contribution in [2.45, 2.75) is 64.9 Å². The number of hydrogen-bond acceptors (Lipinski definition) is 2. The number of nitrogens with two attached hydrogens (primary N) is 1. The number of hydrogen-bond donors (Lipinski definition) is 1. The second kappa shape index (κ2) is 11.0. The third-order valence-corrected chi connectivity index (χ3v) is 2.47. The predicted octanol–water partition coefficient (Wildman–Crippen LogP) is 3.10. The number of unbranched alkanes of at least 4 members (excludes halogenated alkanes) is 5. The molecule has 0 saturated carbocycles. The van der Waals surface area contributed by atoms with Crippen LogP contribution < -0.4 is 5.73 Å². The molecule has 0 radical (unpaired) electrons. The maximum absolute atomic E-state index is 5.61. The Morgan fingerprint density at radius 1 is 1.07 bits per heavy atom. The predicted molar refractivity (Wildman–Crippen MR) is 62.5 cm³/mol. The highest BCUT2D eigenvalue weighted by Crippen LogP contribution is 2.06. The van der Waals surface area contributed by atoms with E-state index in [1.54, 1.807) is 0 Å². The molecule has 2 nitrogen and oxygen atoms in total. The van der Waals surface area contributed by atoms with Crippen LogP contribution in [0.25, 0.3) is 0 Å². The quantitative estimate of drug-likeness (QED) is 0.551. The van der Waals surface area contributed by atoms with Crippen LogP contribution in [-0.2, 0) is 4.74 Å². The lowest BCUT2D eigenvalue weighted by atomic mass is 10.1. The van der Waals surface area contributed by atoms with Crippen LogP contribution in [0.2, 0.25) is 0 Å². The molecule has 0 aliphatic rings. The standard InChI is InChI=1S/C12H27NO/c1-3-4-5-6-7-8-11-14-12(2)9-10-13/h12H,3-11,13H2,1-2H3. The second-order valence-corrected chi connectivity index (χ2v) is 4.03. The summed E-state index contributed by atoms with van der Waals surface area (Å²) in [7, 11) is 0. The average molecular weight is 201 g/mol. The Morgan fingerprint density at radius 2 is 1.71 bits per heavy atom. The van der Waals surface area contributed by atoms with E-state index in [1.165, 1.54) is 38.5 Å². The lowest BCUT2D eigenvalue weighted by molar-refractivity contribution is 0.0591. The molecule has 0 bridgehead atoms. The largest absolute Gasteiger partial charge is 0.378 e. The molecule has 0 saturated heterocycles. The Morgan fingerprint density at radius 3 is 2.36 bits per heavy atom. The minimum absolute atomic E-state index is 0.343. The van der Waals surface area contributed by atoms with Crippen molar-refractivity contribution < 1.29 is 4.74 Å². The molecule has 2 heteroatoms. The van der Waals surface area contributed by atoms with Crippen LogP contribution in [0.1, 0.15) is 58.8 Å². The normalized spacial score (nSPS) is 13.1. The molecule has 0 amide bonds. The fraction of sp³-hybridized carbons (Fsp3) is 1.00. The molecule has 0 aromatic rings. The van der Waals surface area contributed by atoms with Gasteiger partial charge in [0, 0.05) is 6.61 Å². The molecule has 0 aromatic heterocycles. The first-order chi connectivity index (χ1) is 6.81. The Kier molecular flexibility index (Phi) is 10.9. The smallest absolute Gasteiger partial charge is 0.0559 e. The zero-order valence-corrected chi connectivity index (χ0v) is 9.93. The van der Waals surface area contributed by atoms with Crippen molar-refractivity contribution in [2.75, 3.05) is 13.2 Å². The summed E-state index contributed by atoms with van der Waals surface area (Å²) in [6.07, 6.45) is 9.30. The third-order valence-electron chi connectivity index (χ3n) is 2.47. The average Bonchev–Trinajstić information content (AvgIpc) is 2.17. The van der Waals surface area contributed by atoms with E-state index >= 15 is 0 Å². The fourth-order valence-corrected chi connectivity index (χ4v) is 1.48. The highest BCUT2D eigenvalue weighted by molar-refractivity contribution is 4.50. The van der Waals surface area contributed by atoms with Crippen LogP contribution in [0.15, 0.2) is 0 Å². The van der Waals surface area contributed by atoms with Crippen molar-refractivity contribution in [3.05, 3.63) is 0 Å². The molecule has 1 unspecified atom stereocenters. The third kappa shape index (κ3) is 10.0. The summed E-state index contributed by atoms with van der Waals surface area (Å²) >= 11 is 0. The van der Waals surface area contributed by atoms with Gasteiger partial charge in [-0.3, -0.25) is 0 Å². The van der Waals surface area contributed by atoms with E-state index in [0.29, 0.717) is 6.10 Å². The molecular formula is C12H27NO. The summed E-state index contributed by atoms with van der Waals surface area (Å²) < 4.78 is 5.61. The van der Waals surface area contributed by atoms with Crippen LogP contribution >= 0.6 is 0 Å². The first-order valence-electron chi connectivity index (χ1n) is 6.13. The van der Waals surface area contributed by atoms with Gasteiger partial charge in [-0.25, -0.2) is 0 Å². The van der Waals surface area contributed by atoms with Crippen LogP contribution in [0.4, 0.5) is 0 Å². The van der Waals surface area contributed by atoms with Gasteiger partial charge in [0.2, 0.25) is 0 Å². The van der Waals surface area contributed by atoms with E-state index in [-0.39, 0.29) is 0 Å². The Balaban J connectivity index is 2.98. The van der Waals surface area contributed by atoms with Gasteiger partial charge in [0.1, 0.15) is 0 Å². The lowest BCUT2D eigenvalue weighted by Gasteiger charge is -2.11. The molecule has 0 aromatic carbocycles. The minimum atomic E-state index is 0.343. The molecule has 0 heterocycles. The fourth-order valence-electron chi connectivity index (χ4n) is 1.48. The van der Waals surface area contributed by atoms with E-state index in [9.17, 15) is 0 Å². The van der Waals surface area contributed by atoms with Crippen LogP contribution in [0, 0.1) is 0 Å². The minimum Gasteiger partial charge on any atom is -0.378 e. The molecule has 0 rings (SSSR count). The van der Waals surface area contributed by atoms with E-state index in [4.69, 9.17) is 10.5 Å². The molecule has 0 spiro atoms. The first-order valence-corrected chi connectivity index (χ1v) is 6.13. The van der Waals surface area contributed by atoms with E-state index < -0.39 is 0 Å². The van der Waals surface area contributed by atoms with Crippen LogP contribution in [0.5, 0.6) is 0 Å². The van der Waals surface area contributed by atoms with Gasteiger partial charge in [-0.15, -0.1) is 0 Å². The van der Waals surface area contributed by atoms with Gasteiger partial charge in [-0.1, -0.05) is 39.0 Å². The molecule has 0 fully saturated rings. The maximum atomic E-state index is 5.61. The highest BCUT2D eigenvalue weighted by atomic mass is 16.5. The Hall–Kier alpha value is -0.0800.